The fourth-order valence-corrected chi connectivity index (χ4v) is 2.03. The fourth-order valence-electron chi connectivity index (χ4n) is 1.84. The second-order valence-corrected chi connectivity index (χ2v) is 4.44. The molecule has 1 aliphatic carbocycles. The molecule has 1 N–H and O–H groups in total. The Bertz CT molecular complexity index is 408. The Morgan fingerprint density at radius 1 is 1.27 bits per heavy atom. The van der Waals surface area contributed by atoms with Crippen molar-refractivity contribution in [2.75, 3.05) is 0 Å². The van der Waals surface area contributed by atoms with E-state index in [1.54, 1.807) is 0 Å². The highest BCUT2D eigenvalue weighted by Gasteiger charge is 2.28. The summed E-state index contributed by atoms with van der Waals surface area (Å²) >= 11 is 5.84. The van der Waals surface area contributed by atoms with E-state index < -0.39 is 5.60 Å². The normalized spacial score (nSPS) is 18.3. The Hall–Kier alpha value is -0.970. The Balaban J connectivity index is 2.17. The number of hydrogen-bond acceptors (Lipinski definition) is 1. The number of benzene rings is 1. The van der Waals surface area contributed by atoms with Gasteiger partial charge in [-0.2, -0.15) is 0 Å². The quantitative estimate of drug-likeness (QED) is 0.667. The molecule has 0 saturated heterocycles. The molecular formula is C13H13ClO. The molecule has 2 rings (SSSR count). The van der Waals surface area contributed by atoms with Crippen molar-refractivity contribution in [2.45, 2.75) is 31.3 Å². The molecule has 1 aromatic rings. The van der Waals surface area contributed by atoms with Crippen LogP contribution < -0.4 is 0 Å². The minimum absolute atomic E-state index is 0.681. The number of hydrogen-bond donors (Lipinski definition) is 1. The molecule has 15 heavy (non-hydrogen) atoms. The molecule has 0 heterocycles. The van der Waals surface area contributed by atoms with Gasteiger partial charge in [0.1, 0.15) is 5.60 Å². The molecule has 0 atom stereocenters. The van der Waals surface area contributed by atoms with Crippen molar-refractivity contribution in [3.8, 4) is 11.8 Å². The average molecular weight is 221 g/mol. The molecule has 1 fully saturated rings. The first-order chi connectivity index (χ1) is 7.18. The SMILES string of the molecule is OC1(C#Cc2cccc(Cl)c2)CCCC1. The molecule has 78 valence electrons. The average Bonchev–Trinajstić information content (AvgIpc) is 2.63. The molecule has 0 unspecified atom stereocenters. The molecule has 1 aromatic carbocycles. The van der Waals surface area contributed by atoms with E-state index in [9.17, 15) is 5.11 Å². The summed E-state index contributed by atoms with van der Waals surface area (Å²) in [5, 5.41) is 10.7. The van der Waals surface area contributed by atoms with Gasteiger partial charge in [-0.15, -0.1) is 0 Å². The Morgan fingerprint density at radius 3 is 2.67 bits per heavy atom. The number of rotatable bonds is 0. The lowest BCUT2D eigenvalue weighted by Crippen LogP contribution is -2.20. The summed E-state index contributed by atoms with van der Waals surface area (Å²) in [6.45, 7) is 0. The minimum Gasteiger partial charge on any atom is -0.378 e. The van der Waals surface area contributed by atoms with Gasteiger partial charge in [0.05, 0.1) is 0 Å². The van der Waals surface area contributed by atoms with Crippen molar-refractivity contribution in [3.63, 3.8) is 0 Å². The van der Waals surface area contributed by atoms with Crippen LogP contribution in [0.4, 0.5) is 0 Å². The smallest absolute Gasteiger partial charge is 0.125 e. The van der Waals surface area contributed by atoms with E-state index in [-0.39, 0.29) is 0 Å². The summed E-state index contributed by atoms with van der Waals surface area (Å²) < 4.78 is 0. The molecule has 0 radical (unpaired) electrons. The van der Waals surface area contributed by atoms with Gasteiger partial charge >= 0.3 is 0 Å². The molecule has 0 aliphatic heterocycles. The number of halogens is 1. The van der Waals surface area contributed by atoms with Crippen LogP contribution in [0.5, 0.6) is 0 Å². The van der Waals surface area contributed by atoms with Crippen molar-refractivity contribution < 1.29 is 5.11 Å². The Labute approximate surface area is 95.1 Å². The van der Waals surface area contributed by atoms with Crippen LogP contribution in [0.3, 0.4) is 0 Å². The number of aliphatic hydroxyl groups is 1. The lowest BCUT2D eigenvalue weighted by molar-refractivity contribution is 0.110. The van der Waals surface area contributed by atoms with Gasteiger partial charge < -0.3 is 5.11 Å². The highest BCUT2D eigenvalue weighted by Crippen LogP contribution is 2.28. The van der Waals surface area contributed by atoms with E-state index in [4.69, 9.17) is 11.6 Å². The summed E-state index contributed by atoms with van der Waals surface area (Å²) in [6.07, 6.45) is 3.72. The molecule has 0 spiro atoms. The molecule has 2 heteroatoms. The second-order valence-electron chi connectivity index (χ2n) is 4.00. The largest absolute Gasteiger partial charge is 0.378 e. The zero-order valence-corrected chi connectivity index (χ0v) is 9.22. The first-order valence-electron chi connectivity index (χ1n) is 5.19. The van der Waals surface area contributed by atoms with E-state index >= 15 is 0 Å². The fraction of sp³-hybridized carbons (Fsp3) is 0.385. The summed E-state index contributed by atoms with van der Waals surface area (Å²) in [5.74, 6) is 5.93. The monoisotopic (exact) mass is 220 g/mol. The summed E-state index contributed by atoms with van der Waals surface area (Å²) in [5.41, 5.74) is 0.102. The molecule has 0 aromatic heterocycles. The third-order valence-corrected chi connectivity index (χ3v) is 2.93. The third-order valence-electron chi connectivity index (χ3n) is 2.69. The highest BCUT2D eigenvalue weighted by atomic mass is 35.5. The van der Waals surface area contributed by atoms with Gasteiger partial charge in [-0.3, -0.25) is 0 Å². The molecule has 0 bridgehead atoms. The van der Waals surface area contributed by atoms with Crippen LogP contribution in [-0.4, -0.2) is 10.7 Å². The van der Waals surface area contributed by atoms with E-state index in [0.29, 0.717) is 5.02 Å². The predicted molar refractivity (Wildman–Crippen MR) is 61.7 cm³/mol. The molecule has 0 amide bonds. The van der Waals surface area contributed by atoms with Crippen molar-refractivity contribution in [2.24, 2.45) is 0 Å². The zero-order chi connectivity index (χ0) is 10.7. The van der Waals surface area contributed by atoms with Crippen LogP contribution in [0.1, 0.15) is 31.2 Å². The molecule has 1 nitrogen and oxygen atoms in total. The Kier molecular flexibility index (Phi) is 3.00. The molecular weight excluding hydrogens is 208 g/mol. The van der Waals surface area contributed by atoms with Crippen molar-refractivity contribution in [1.82, 2.24) is 0 Å². The van der Waals surface area contributed by atoms with Crippen LogP contribution in [0.2, 0.25) is 5.02 Å². The van der Waals surface area contributed by atoms with Crippen molar-refractivity contribution in [3.05, 3.63) is 34.9 Å². The zero-order valence-electron chi connectivity index (χ0n) is 8.46. The molecule has 1 aliphatic rings. The maximum absolute atomic E-state index is 10.0. The van der Waals surface area contributed by atoms with E-state index in [1.165, 1.54) is 0 Å². The van der Waals surface area contributed by atoms with E-state index in [2.05, 4.69) is 11.8 Å². The molecule has 1 saturated carbocycles. The first-order valence-corrected chi connectivity index (χ1v) is 5.57. The van der Waals surface area contributed by atoms with Crippen molar-refractivity contribution in [1.29, 1.82) is 0 Å². The van der Waals surface area contributed by atoms with Gasteiger partial charge in [0.25, 0.3) is 0 Å². The third kappa shape index (κ3) is 2.75. The maximum Gasteiger partial charge on any atom is 0.125 e. The van der Waals surface area contributed by atoms with Gasteiger partial charge in [-0.25, -0.2) is 0 Å². The predicted octanol–water partition coefficient (Wildman–Crippen LogP) is 3.00. The minimum atomic E-state index is -0.762. The summed E-state index contributed by atoms with van der Waals surface area (Å²) in [6, 6.07) is 7.39. The van der Waals surface area contributed by atoms with Gasteiger partial charge in [-0.05, 0) is 43.9 Å². The summed E-state index contributed by atoms with van der Waals surface area (Å²) in [7, 11) is 0. The highest BCUT2D eigenvalue weighted by molar-refractivity contribution is 6.30. The van der Waals surface area contributed by atoms with Gasteiger partial charge in [0.15, 0.2) is 0 Å². The van der Waals surface area contributed by atoms with Crippen molar-refractivity contribution >= 4 is 11.6 Å². The summed E-state index contributed by atoms with van der Waals surface area (Å²) in [4.78, 5) is 0. The van der Waals surface area contributed by atoms with Crippen LogP contribution >= 0.6 is 11.6 Å². The maximum atomic E-state index is 10.0. The van der Waals surface area contributed by atoms with Gasteiger partial charge in [-0.1, -0.05) is 29.5 Å². The van der Waals surface area contributed by atoms with Crippen LogP contribution in [0.25, 0.3) is 0 Å². The van der Waals surface area contributed by atoms with E-state index in [0.717, 1.165) is 31.2 Å². The van der Waals surface area contributed by atoms with Gasteiger partial charge in [0.2, 0.25) is 0 Å². The Morgan fingerprint density at radius 2 is 2.00 bits per heavy atom. The lowest BCUT2D eigenvalue weighted by Gasteiger charge is -2.12. The standard InChI is InChI=1S/C13H13ClO/c14-12-5-3-4-11(10-12)6-9-13(15)7-1-2-8-13/h3-5,10,15H,1-2,7-8H2. The van der Waals surface area contributed by atoms with E-state index in [1.807, 2.05) is 24.3 Å². The lowest BCUT2D eigenvalue weighted by atomic mass is 10.0. The van der Waals surface area contributed by atoms with Crippen LogP contribution in [0, 0.1) is 11.8 Å². The van der Waals surface area contributed by atoms with Crippen LogP contribution in [0.15, 0.2) is 24.3 Å². The van der Waals surface area contributed by atoms with Crippen LogP contribution in [-0.2, 0) is 0 Å². The second kappa shape index (κ2) is 4.26. The van der Waals surface area contributed by atoms with Gasteiger partial charge in [0, 0.05) is 10.6 Å². The topological polar surface area (TPSA) is 20.2 Å². The first kappa shape index (κ1) is 10.5.